The fourth-order valence-electron chi connectivity index (χ4n) is 1.35. The molecule has 2 aromatic rings. The monoisotopic (exact) mass is 330 g/mol. The molecule has 8 heteroatoms. The summed E-state index contributed by atoms with van der Waals surface area (Å²) in [7, 11) is -1.98. The van der Waals surface area contributed by atoms with Gasteiger partial charge in [0, 0.05) is 23.9 Å². The molecule has 0 aliphatic rings. The molecule has 6 nitrogen and oxygen atoms in total. The summed E-state index contributed by atoms with van der Waals surface area (Å²) in [6.07, 6.45) is 4.39. The summed E-state index contributed by atoms with van der Waals surface area (Å²) in [5, 5.41) is -0.0332. The standard InChI is InChI=1S/C10H11BrN4O2S/c1-7-3-8(11)4-12-10(7)14-18(16,17)9-5-15(2)6-13-9/h3-6H,1-2H3,(H,12,14). The fraction of sp³-hybridized carbons (Fsp3) is 0.200. The Bertz CT molecular complexity index is 681. The van der Waals surface area contributed by atoms with E-state index in [2.05, 4.69) is 30.6 Å². The van der Waals surface area contributed by atoms with Crippen LogP contribution in [0.3, 0.4) is 0 Å². The van der Waals surface area contributed by atoms with E-state index in [1.807, 2.05) is 0 Å². The minimum absolute atomic E-state index is 0.0332. The van der Waals surface area contributed by atoms with E-state index in [1.54, 1.807) is 24.6 Å². The molecule has 2 aromatic heterocycles. The Labute approximate surface area is 113 Å². The van der Waals surface area contributed by atoms with Gasteiger partial charge < -0.3 is 4.57 Å². The molecule has 0 unspecified atom stereocenters. The molecule has 0 aromatic carbocycles. The Morgan fingerprint density at radius 3 is 2.67 bits per heavy atom. The number of pyridine rings is 1. The highest BCUT2D eigenvalue weighted by Crippen LogP contribution is 2.19. The van der Waals surface area contributed by atoms with Crippen molar-refractivity contribution in [2.45, 2.75) is 11.9 Å². The van der Waals surface area contributed by atoms with Crippen LogP contribution in [0.2, 0.25) is 0 Å². The van der Waals surface area contributed by atoms with Crippen molar-refractivity contribution >= 4 is 31.8 Å². The average Bonchev–Trinajstić information content (AvgIpc) is 2.70. The number of anilines is 1. The molecule has 0 aliphatic carbocycles. The first kappa shape index (κ1) is 13.0. The number of aryl methyl sites for hydroxylation is 2. The fourth-order valence-corrected chi connectivity index (χ4v) is 2.86. The molecule has 96 valence electrons. The topological polar surface area (TPSA) is 76.9 Å². The Balaban J connectivity index is 2.33. The largest absolute Gasteiger partial charge is 0.339 e. The molecular formula is C10H11BrN4O2S. The van der Waals surface area contributed by atoms with Crippen LogP contribution in [0.25, 0.3) is 0 Å². The van der Waals surface area contributed by atoms with Crippen LogP contribution in [-0.4, -0.2) is 23.0 Å². The van der Waals surface area contributed by atoms with E-state index in [0.29, 0.717) is 5.82 Å². The van der Waals surface area contributed by atoms with Crippen molar-refractivity contribution < 1.29 is 8.42 Å². The smallest absolute Gasteiger partial charge is 0.282 e. The van der Waals surface area contributed by atoms with Gasteiger partial charge in [0.15, 0.2) is 5.03 Å². The quantitative estimate of drug-likeness (QED) is 0.928. The van der Waals surface area contributed by atoms with Crippen molar-refractivity contribution in [1.82, 2.24) is 14.5 Å². The van der Waals surface area contributed by atoms with Gasteiger partial charge >= 0.3 is 0 Å². The number of hydrogen-bond donors (Lipinski definition) is 1. The van der Waals surface area contributed by atoms with Crippen LogP contribution in [-0.2, 0) is 17.1 Å². The van der Waals surface area contributed by atoms with E-state index in [1.165, 1.54) is 18.7 Å². The molecule has 0 bridgehead atoms. The highest BCUT2D eigenvalue weighted by Gasteiger charge is 2.18. The van der Waals surface area contributed by atoms with E-state index in [9.17, 15) is 8.42 Å². The lowest BCUT2D eigenvalue weighted by molar-refractivity contribution is 0.598. The van der Waals surface area contributed by atoms with E-state index in [0.717, 1.165) is 10.0 Å². The summed E-state index contributed by atoms with van der Waals surface area (Å²) >= 11 is 3.27. The minimum Gasteiger partial charge on any atom is -0.339 e. The van der Waals surface area contributed by atoms with E-state index < -0.39 is 10.0 Å². The molecule has 0 radical (unpaired) electrons. The van der Waals surface area contributed by atoms with Crippen LogP contribution in [0.1, 0.15) is 5.56 Å². The van der Waals surface area contributed by atoms with Gasteiger partial charge in [-0.3, -0.25) is 4.72 Å². The van der Waals surface area contributed by atoms with Gasteiger partial charge in [0.25, 0.3) is 10.0 Å². The van der Waals surface area contributed by atoms with Crippen LogP contribution >= 0.6 is 15.9 Å². The van der Waals surface area contributed by atoms with E-state index in [4.69, 9.17) is 0 Å². The van der Waals surface area contributed by atoms with Crippen molar-refractivity contribution in [2.75, 3.05) is 4.72 Å². The Kier molecular flexibility index (Phi) is 3.40. The van der Waals surface area contributed by atoms with E-state index >= 15 is 0 Å². The number of nitrogens with one attached hydrogen (secondary N) is 1. The van der Waals surface area contributed by atoms with Gasteiger partial charge in [0.05, 0.1) is 6.33 Å². The van der Waals surface area contributed by atoms with Gasteiger partial charge in [-0.05, 0) is 34.5 Å². The number of aromatic nitrogens is 3. The second-order valence-electron chi connectivity index (χ2n) is 3.80. The molecule has 0 fully saturated rings. The average molecular weight is 331 g/mol. The number of hydrogen-bond acceptors (Lipinski definition) is 4. The maximum absolute atomic E-state index is 12.0. The number of nitrogens with zero attached hydrogens (tertiary/aromatic N) is 3. The summed E-state index contributed by atoms with van der Waals surface area (Å²) in [6.45, 7) is 1.77. The summed E-state index contributed by atoms with van der Waals surface area (Å²) < 4.78 is 28.8. The predicted molar refractivity (Wildman–Crippen MR) is 70.7 cm³/mol. The highest BCUT2D eigenvalue weighted by atomic mass is 79.9. The third-order valence-corrected chi connectivity index (χ3v) is 3.89. The van der Waals surface area contributed by atoms with Gasteiger partial charge in [0.2, 0.25) is 0 Å². The first-order valence-corrected chi connectivity index (χ1v) is 7.29. The molecule has 0 spiro atoms. The summed E-state index contributed by atoms with van der Waals surface area (Å²) in [5.41, 5.74) is 0.726. The molecule has 1 N–H and O–H groups in total. The Morgan fingerprint density at radius 1 is 1.39 bits per heavy atom. The maximum atomic E-state index is 12.0. The van der Waals surface area contributed by atoms with Crippen LogP contribution in [0.4, 0.5) is 5.82 Å². The molecule has 0 amide bonds. The predicted octanol–water partition coefficient (Wildman–Crippen LogP) is 1.69. The van der Waals surface area contributed by atoms with Crippen LogP contribution < -0.4 is 4.72 Å². The van der Waals surface area contributed by atoms with Crippen LogP contribution in [0.5, 0.6) is 0 Å². The zero-order chi connectivity index (χ0) is 13.3. The molecule has 0 atom stereocenters. The second-order valence-corrected chi connectivity index (χ2v) is 6.35. The van der Waals surface area contributed by atoms with E-state index in [-0.39, 0.29) is 5.03 Å². The van der Waals surface area contributed by atoms with Crippen molar-refractivity contribution in [2.24, 2.45) is 7.05 Å². The summed E-state index contributed by atoms with van der Waals surface area (Å²) in [5.74, 6) is 0.295. The first-order valence-electron chi connectivity index (χ1n) is 5.01. The highest BCUT2D eigenvalue weighted by molar-refractivity contribution is 9.10. The van der Waals surface area contributed by atoms with Crippen molar-refractivity contribution in [1.29, 1.82) is 0 Å². The lowest BCUT2D eigenvalue weighted by atomic mass is 10.3. The van der Waals surface area contributed by atoms with Crippen LogP contribution in [0, 0.1) is 6.92 Å². The minimum atomic E-state index is -3.69. The van der Waals surface area contributed by atoms with Gasteiger partial charge in [0.1, 0.15) is 5.82 Å². The molecular weight excluding hydrogens is 320 g/mol. The zero-order valence-electron chi connectivity index (χ0n) is 9.75. The molecule has 2 rings (SSSR count). The Hall–Kier alpha value is -1.41. The zero-order valence-corrected chi connectivity index (χ0v) is 12.2. The molecule has 2 heterocycles. The van der Waals surface area contributed by atoms with Crippen molar-refractivity contribution in [3.63, 3.8) is 0 Å². The van der Waals surface area contributed by atoms with Gasteiger partial charge in [-0.1, -0.05) is 0 Å². The molecule has 0 aliphatic heterocycles. The first-order chi connectivity index (χ1) is 8.38. The van der Waals surface area contributed by atoms with Crippen LogP contribution in [0.15, 0.2) is 34.3 Å². The number of halogens is 1. The van der Waals surface area contributed by atoms with Gasteiger partial charge in [-0.25, -0.2) is 9.97 Å². The maximum Gasteiger partial charge on any atom is 0.282 e. The lowest BCUT2D eigenvalue weighted by Gasteiger charge is -2.07. The third-order valence-electron chi connectivity index (χ3n) is 2.23. The summed E-state index contributed by atoms with van der Waals surface area (Å²) in [4.78, 5) is 7.83. The Morgan fingerprint density at radius 2 is 2.11 bits per heavy atom. The molecule has 18 heavy (non-hydrogen) atoms. The number of imidazole rings is 1. The normalized spacial score (nSPS) is 11.5. The summed E-state index contributed by atoms with van der Waals surface area (Å²) in [6, 6.07) is 1.78. The lowest BCUT2D eigenvalue weighted by Crippen LogP contribution is -2.15. The third kappa shape index (κ3) is 2.70. The molecule has 0 saturated carbocycles. The number of sulfonamides is 1. The second kappa shape index (κ2) is 4.69. The molecule has 0 saturated heterocycles. The van der Waals surface area contributed by atoms with Gasteiger partial charge in [-0.2, -0.15) is 8.42 Å². The SMILES string of the molecule is Cc1cc(Br)cnc1NS(=O)(=O)c1cn(C)cn1. The number of rotatable bonds is 3. The van der Waals surface area contributed by atoms with Crippen molar-refractivity contribution in [3.8, 4) is 0 Å². The van der Waals surface area contributed by atoms with Gasteiger partial charge in [-0.15, -0.1) is 0 Å². The van der Waals surface area contributed by atoms with Crippen molar-refractivity contribution in [3.05, 3.63) is 34.8 Å².